The molecule has 0 saturated heterocycles. The highest BCUT2D eigenvalue weighted by atomic mass is 32.1. The molecule has 2 heterocycles. The molecule has 0 radical (unpaired) electrons. The molecule has 2 aromatic heterocycles. The number of carboxylic acid groups (broad SMARTS) is 1. The van der Waals surface area contributed by atoms with E-state index in [4.69, 9.17) is 5.11 Å². The van der Waals surface area contributed by atoms with Crippen LogP contribution in [0, 0.1) is 10.1 Å². The van der Waals surface area contributed by atoms with E-state index in [0.717, 1.165) is 11.3 Å². The van der Waals surface area contributed by atoms with Gasteiger partial charge in [-0.25, -0.2) is 9.78 Å². The number of pyridine rings is 1. The van der Waals surface area contributed by atoms with Gasteiger partial charge in [-0.15, -0.1) is 0 Å². The maximum absolute atomic E-state index is 11.8. The Morgan fingerprint density at radius 2 is 2.10 bits per heavy atom. The van der Waals surface area contributed by atoms with Crippen molar-refractivity contribution in [2.75, 3.05) is 5.32 Å². The van der Waals surface area contributed by atoms with Gasteiger partial charge in [-0.1, -0.05) is 11.3 Å². The second kappa shape index (κ2) is 5.45. The third-order valence-electron chi connectivity index (χ3n) is 2.24. The van der Waals surface area contributed by atoms with Gasteiger partial charge >= 0.3 is 11.0 Å². The number of nitrogens with one attached hydrogen (secondary N) is 1. The average molecular weight is 293 g/mol. The molecular formula is C11H7N3O5S. The average Bonchev–Trinajstić information content (AvgIpc) is 2.88. The van der Waals surface area contributed by atoms with Gasteiger partial charge in [0, 0.05) is 12.3 Å². The number of hydrogen-bond donors (Lipinski definition) is 2. The third kappa shape index (κ3) is 2.95. The van der Waals surface area contributed by atoms with Gasteiger partial charge in [0.25, 0.3) is 5.91 Å². The number of carbonyl (C=O) groups is 2. The van der Waals surface area contributed by atoms with E-state index in [9.17, 15) is 19.7 Å². The summed E-state index contributed by atoms with van der Waals surface area (Å²) in [6.45, 7) is 0. The fraction of sp³-hybridized carbons (Fsp3) is 0. The Labute approximate surface area is 115 Å². The topological polar surface area (TPSA) is 122 Å². The summed E-state index contributed by atoms with van der Waals surface area (Å²) in [5, 5.41) is 21.6. The van der Waals surface area contributed by atoms with Crippen molar-refractivity contribution in [2.24, 2.45) is 0 Å². The van der Waals surface area contributed by atoms with Crippen molar-refractivity contribution in [3.8, 4) is 0 Å². The van der Waals surface area contributed by atoms with Gasteiger partial charge in [-0.3, -0.25) is 14.9 Å². The first-order valence-corrected chi connectivity index (χ1v) is 6.04. The molecule has 0 bridgehead atoms. The fourth-order valence-corrected chi connectivity index (χ4v) is 2.07. The van der Waals surface area contributed by atoms with E-state index in [1.165, 1.54) is 30.5 Å². The number of aromatic carboxylic acids is 1. The molecule has 0 saturated carbocycles. The number of aromatic nitrogens is 1. The number of amides is 1. The van der Waals surface area contributed by atoms with Crippen molar-refractivity contribution in [1.29, 1.82) is 0 Å². The predicted molar refractivity (Wildman–Crippen MR) is 70.1 cm³/mol. The van der Waals surface area contributed by atoms with Crippen molar-refractivity contribution >= 4 is 34.0 Å². The largest absolute Gasteiger partial charge is 0.478 e. The Morgan fingerprint density at radius 3 is 2.70 bits per heavy atom. The minimum absolute atomic E-state index is 0.0209. The summed E-state index contributed by atoms with van der Waals surface area (Å²) < 4.78 is 0. The lowest BCUT2D eigenvalue weighted by molar-refractivity contribution is -0.380. The molecule has 9 heteroatoms. The quantitative estimate of drug-likeness (QED) is 0.656. The maximum atomic E-state index is 11.8. The lowest BCUT2D eigenvalue weighted by Gasteiger charge is -2.02. The highest BCUT2D eigenvalue weighted by molar-refractivity contribution is 7.17. The summed E-state index contributed by atoms with van der Waals surface area (Å²) in [5.41, 5.74) is -0.0209. The number of hydrogen-bond acceptors (Lipinski definition) is 6. The van der Waals surface area contributed by atoms with Crippen LogP contribution in [0.2, 0.25) is 0 Å². The van der Waals surface area contributed by atoms with Crippen LogP contribution < -0.4 is 5.32 Å². The zero-order chi connectivity index (χ0) is 14.7. The number of rotatable bonds is 4. The summed E-state index contributed by atoms with van der Waals surface area (Å²) in [5.74, 6) is -1.67. The van der Waals surface area contributed by atoms with Crippen LogP contribution >= 0.6 is 11.3 Å². The molecule has 1 amide bonds. The molecular weight excluding hydrogens is 286 g/mol. The van der Waals surface area contributed by atoms with Gasteiger partial charge in [0.1, 0.15) is 5.82 Å². The molecule has 0 aliphatic rings. The minimum atomic E-state index is -1.14. The van der Waals surface area contributed by atoms with Crippen molar-refractivity contribution in [1.82, 2.24) is 4.98 Å². The first-order valence-electron chi connectivity index (χ1n) is 5.22. The van der Waals surface area contributed by atoms with Crippen LogP contribution in [0.4, 0.5) is 10.8 Å². The summed E-state index contributed by atoms with van der Waals surface area (Å²) in [7, 11) is 0. The Kier molecular flexibility index (Phi) is 3.71. The molecule has 102 valence electrons. The lowest BCUT2D eigenvalue weighted by atomic mass is 10.2. The molecule has 0 aliphatic carbocycles. The fourth-order valence-electron chi connectivity index (χ4n) is 1.36. The van der Waals surface area contributed by atoms with Gasteiger partial charge in [0.2, 0.25) is 0 Å². The number of carboxylic acids is 1. The number of thiophene rings is 1. The SMILES string of the molecule is O=C(O)c1ccnc(NC(=O)c2ccc([N+](=O)[O-])s2)c1. The highest BCUT2D eigenvalue weighted by Gasteiger charge is 2.16. The molecule has 0 atom stereocenters. The maximum Gasteiger partial charge on any atom is 0.335 e. The Morgan fingerprint density at radius 1 is 1.35 bits per heavy atom. The molecule has 8 nitrogen and oxygen atoms in total. The number of carbonyl (C=O) groups excluding carboxylic acids is 1. The second-order valence-corrected chi connectivity index (χ2v) is 4.65. The first kappa shape index (κ1) is 13.6. The summed E-state index contributed by atoms with van der Waals surface area (Å²) in [6.07, 6.45) is 1.25. The third-order valence-corrected chi connectivity index (χ3v) is 3.28. The van der Waals surface area contributed by atoms with Gasteiger partial charge in [0.15, 0.2) is 0 Å². The molecule has 0 unspecified atom stereocenters. The summed E-state index contributed by atoms with van der Waals surface area (Å²) in [6, 6.07) is 5.02. The van der Waals surface area contributed by atoms with Crippen LogP contribution in [0.25, 0.3) is 0 Å². The molecule has 2 rings (SSSR count). The van der Waals surface area contributed by atoms with Gasteiger partial charge in [0.05, 0.1) is 15.4 Å². The molecule has 0 spiro atoms. The van der Waals surface area contributed by atoms with Crippen molar-refractivity contribution < 1.29 is 19.6 Å². The monoisotopic (exact) mass is 293 g/mol. The smallest absolute Gasteiger partial charge is 0.335 e. The molecule has 20 heavy (non-hydrogen) atoms. The van der Waals surface area contributed by atoms with E-state index < -0.39 is 16.8 Å². The zero-order valence-corrected chi connectivity index (χ0v) is 10.6. The Bertz CT molecular complexity index is 697. The van der Waals surface area contributed by atoms with E-state index in [0.29, 0.717) is 0 Å². The Balaban J connectivity index is 2.16. The van der Waals surface area contributed by atoms with E-state index in [1.54, 1.807) is 0 Å². The number of anilines is 1. The second-order valence-electron chi connectivity index (χ2n) is 3.58. The van der Waals surface area contributed by atoms with E-state index >= 15 is 0 Å². The zero-order valence-electron chi connectivity index (χ0n) is 9.77. The van der Waals surface area contributed by atoms with Crippen LogP contribution in [0.3, 0.4) is 0 Å². The summed E-state index contributed by atoms with van der Waals surface area (Å²) in [4.78, 5) is 36.5. The number of nitrogens with zero attached hydrogens (tertiary/aromatic N) is 2. The molecule has 0 aromatic carbocycles. The predicted octanol–water partition coefficient (Wildman–Crippen LogP) is 2.00. The molecule has 2 aromatic rings. The van der Waals surface area contributed by atoms with Gasteiger partial charge in [-0.2, -0.15) is 0 Å². The van der Waals surface area contributed by atoms with Gasteiger partial charge < -0.3 is 10.4 Å². The van der Waals surface area contributed by atoms with Crippen LogP contribution in [0.15, 0.2) is 30.5 Å². The highest BCUT2D eigenvalue weighted by Crippen LogP contribution is 2.24. The molecule has 2 N–H and O–H groups in total. The van der Waals surface area contributed by atoms with Crippen LogP contribution in [0.1, 0.15) is 20.0 Å². The van der Waals surface area contributed by atoms with E-state index in [2.05, 4.69) is 10.3 Å². The number of nitro groups is 1. The van der Waals surface area contributed by atoms with E-state index in [1.807, 2.05) is 0 Å². The standard InChI is InChI=1S/C11H7N3O5S/c15-10(7-1-2-9(20-7)14(18)19)13-8-5-6(11(16)17)3-4-12-8/h1-5H,(H,16,17)(H,12,13,15). The van der Waals surface area contributed by atoms with Crippen LogP contribution in [-0.2, 0) is 0 Å². The van der Waals surface area contributed by atoms with Crippen molar-refractivity contribution in [3.63, 3.8) is 0 Å². The van der Waals surface area contributed by atoms with Crippen molar-refractivity contribution in [2.45, 2.75) is 0 Å². The Hall–Kier alpha value is -2.81. The molecule has 0 aliphatic heterocycles. The lowest BCUT2D eigenvalue weighted by Crippen LogP contribution is -2.12. The molecule has 0 fully saturated rings. The van der Waals surface area contributed by atoms with Crippen LogP contribution in [0.5, 0.6) is 0 Å². The van der Waals surface area contributed by atoms with E-state index in [-0.39, 0.29) is 21.3 Å². The normalized spacial score (nSPS) is 10.0. The summed E-state index contributed by atoms with van der Waals surface area (Å²) >= 11 is 0.724. The first-order chi connectivity index (χ1) is 9.47. The minimum Gasteiger partial charge on any atom is -0.478 e. The van der Waals surface area contributed by atoms with Gasteiger partial charge in [-0.05, 0) is 18.2 Å². The van der Waals surface area contributed by atoms with Crippen LogP contribution in [-0.4, -0.2) is 26.9 Å². The van der Waals surface area contributed by atoms with Crippen molar-refractivity contribution in [3.05, 3.63) is 51.0 Å².